The monoisotopic (exact) mass is 672 g/mol. The van der Waals surface area contributed by atoms with E-state index in [1.54, 1.807) is 33.3 Å². The van der Waals surface area contributed by atoms with E-state index in [1.807, 2.05) is 19.9 Å². The van der Waals surface area contributed by atoms with Gasteiger partial charge in [-0.25, -0.2) is 4.79 Å². The molecular formula is C35H44O13. The number of epoxide rings is 1. The number of furan rings is 1. The van der Waals surface area contributed by atoms with Gasteiger partial charge in [-0.1, -0.05) is 40.7 Å². The van der Waals surface area contributed by atoms with Gasteiger partial charge in [-0.3, -0.25) is 19.2 Å². The summed E-state index contributed by atoms with van der Waals surface area (Å²) in [6, 6.07) is 1.82. The zero-order valence-electron chi connectivity index (χ0n) is 28.1. The molecule has 5 aliphatic rings. The fourth-order valence-corrected chi connectivity index (χ4v) is 9.75. The second kappa shape index (κ2) is 11.7. The Morgan fingerprint density at radius 3 is 2.52 bits per heavy atom. The Morgan fingerprint density at radius 2 is 1.90 bits per heavy atom. The second-order valence-corrected chi connectivity index (χ2v) is 14.7. The van der Waals surface area contributed by atoms with Gasteiger partial charge in [-0.15, -0.1) is 0 Å². The zero-order chi connectivity index (χ0) is 35.0. The Balaban J connectivity index is 1.58. The molecule has 48 heavy (non-hydrogen) atoms. The number of hydrogen-bond acceptors (Lipinski definition) is 13. The first-order valence-electron chi connectivity index (χ1n) is 16.5. The predicted octanol–water partition coefficient (Wildman–Crippen LogP) is 3.16. The normalized spacial score (nSPS) is 42.8. The lowest BCUT2D eigenvalue weighted by atomic mass is 9.47. The van der Waals surface area contributed by atoms with Crippen molar-refractivity contribution in [2.75, 3.05) is 6.61 Å². The van der Waals surface area contributed by atoms with Gasteiger partial charge in [0.1, 0.15) is 36.1 Å². The van der Waals surface area contributed by atoms with Gasteiger partial charge in [0.15, 0.2) is 6.10 Å². The molecule has 0 amide bonds. The maximum atomic E-state index is 13.8. The van der Waals surface area contributed by atoms with Crippen molar-refractivity contribution >= 4 is 30.3 Å². The van der Waals surface area contributed by atoms with Crippen LogP contribution in [0.4, 0.5) is 0 Å². The molecule has 3 saturated heterocycles. The van der Waals surface area contributed by atoms with E-state index in [1.165, 1.54) is 6.92 Å². The van der Waals surface area contributed by atoms with E-state index in [0.29, 0.717) is 18.4 Å². The molecule has 1 spiro atoms. The molecule has 13 nitrogen and oxygen atoms in total. The van der Waals surface area contributed by atoms with Crippen LogP contribution in [0, 0.1) is 28.6 Å². The Hall–Kier alpha value is -3.71. The lowest BCUT2D eigenvalue weighted by Gasteiger charge is -2.60. The third-order valence-electron chi connectivity index (χ3n) is 12.3. The molecule has 1 aromatic heterocycles. The van der Waals surface area contributed by atoms with Crippen molar-refractivity contribution < 1.29 is 61.9 Å². The molecule has 0 radical (unpaired) electrons. The van der Waals surface area contributed by atoms with Crippen LogP contribution in [0.3, 0.4) is 0 Å². The molecule has 13 heteroatoms. The Bertz CT molecular complexity index is 1500. The largest absolute Gasteiger partial charge is 0.472 e. The van der Waals surface area contributed by atoms with Gasteiger partial charge in [0.2, 0.25) is 0 Å². The highest BCUT2D eigenvalue weighted by Crippen LogP contribution is 2.76. The molecule has 262 valence electrons. The van der Waals surface area contributed by atoms with E-state index in [0.717, 1.165) is 5.56 Å². The van der Waals surface area contributed by atoms with E-state index in [9.17, 15) is 29.1 Å². The van der Waals surface area contributed by atoms with E-state index in [-0.39, 0.29) is 31.8 Å². The highest BCUT2D eigenvalue weighted by molar-refractivity contribution is 5.76. The first-order chi connectivity index (χ1) is 22.6. The van der Waals surface area contributed by atoms with E-state index in [4.69, 9.17) is 32.8 Å². The standard InChI is InChI=1S/C35H44O13/c1-8-17(2)28(40)31(41)46-30-29(44-16-36)27(18(3)35-24(47-35)11-21(34(30,35)7)20-9-10-42-14-20)33(6)22-12-25(38)43-15-32(22,5)48-26(39)13-23(33)45-19(4)37/h9-10,14,16-17,21-24,27-30,40H,3,8,11-13,15H2,1-2,4-7H3. The van der Waals surface area contributed by atoms with Crippen LogP contribution in [0.2, 0.25) is 0 Å². The summed E-state index contributed by atoms with van der Waals surface area (Å²) >= 11 is 0. The van der Waals surface area contributed by atoms with Crippen LogP contribution < -0.4 is 0 Å². The molecule has 0 bridgehead atoms. The van der Waals surface area contributed by atoms with Gasteiger partial charge in [0.25, 0.3) is 6.47 Å². The molecule has 4 heterocycles. The van der Waals surface area contributed by atoms with E-state index >= 15 is 0 Å². The number of aliphatic hydroxyl groups is 1. The zero-order valence-corrected chi connectivity index (χ0v) is 28.1. The topological polar surface area (TPSA) is 177 Å². The number of ether oxygens (including phenoxy) is 6. The molecule has 1 N–H and O–H groups in total. The molecule has 2 aliphatic carbocycles. The summed E-state index contributed by atoms with van der Waals surface area (Å²) in [5, 5.41) is 11.0. The van der Waals surface area contributed by atoms with Crippen molar-refractivity contribution in [1.29, 1.82) is 0 Å². The lowest BCUT2D eigenvalue weighted by Crippen LogP contribution is -2.69. The SMILES string of the molecule is C=C1C(C2(C)C(OC(C)=O)CC(=O)OC3(C)COC(=O)CC32)C(OC=O)C(OC(=O)C(O)C(C)CC)C2(C)C(c3ccoc3)CC3OC132. The quantitative estimate of drug-likeness (QED) is 0.133. The van der Waals surface area contributed by atoms with Crippen molar-refractivity contribution in [3.63, 3.8) is 0 Å². The molecule has 6 rings (SSSR count). The van der Waals surface area contributed by atoms with Gasteiger partial charge in [0, 0.05) is 30.1 Å². The molecule has 13 atom stereocenters. The number of hydrogen-bond donors (Lipinski definition) is 1. The first kappa shape index (κ1) is 34.2. The number of carbonyl (C=O) groups excluding carboxylic acids is 5. The first-order valence-corrected chi connectivity index (χ1v) is 16.5. The Labute approximate surface area is 278 Å². The van der Waals surface area contributed by atoms with Gasteiger partial charge in [-0.05, 0) is 36.5 Å². The number of rotatable bonds is 9. The van der Waals surface area contributed by atoms with Crippen LogP contribution >= 0.6 is 0 Å². The Kier molecular flexibility index (Phi) is 8.34. The van der Waals surface area contributed by atoms with Crippen LogP contribution in [-0.2, 0) is 52.4 Å². The third-order valence-corrected chi connectivity index (χ3v) is 12.3. The molecule has 13 unspecified atom stereocenters. The Morgan fingerprint density at radius 1 is 1.17 bits per heavy atom. The lowest BCUT2D eigenvalue weighted by molar-refractivity contribution is -0.231. The summed E-state index contributed by atoms with van der Waals surface area (Å²) < 4.78 is 41.5. The number of carbonyl (C=O) groups is 5. The molecule has 2 saturated carbocycles. The van der Waals surface area contributed by atoms with Crippen molar-refractivity contribution in [3.05, 3.63) is 36.3 Å². The highest BCUT2D eigenvalue weighted by atomic mass is 16.6. The summed E-state index contributed by atoms with van der Waals surface area (Å²) in [6.45, 7) is 14.6. The van der Waals surface area contributed by atoms with E-state index in [2.05, 4.69) is 6.58 Å². The highest BCUT2D eigenvalue weighted by Gasteiger charge is 2.85. The predicted molar refractivity (Wildman–Crippen MR) is 163 cm³/mol. The average Bonchev–Trinajstić information content (AvgIpc) is 3.40. The maximum Gasteiger partial charge on any atom is 0.335 e. The summed E-state index contributed by atoms with van der Waals surface area (Å²) in [4.78, 5) is 65.2. The summed E-state index contributed by atoms with van der Waals surface area (Å²) in [5.41, 5.74) is -3.72. The summed E-state index contributed by atoms with van der Waals surface area (Å²) in [7, 11) is 0. The van der Waals surface area contributed by atoms with Crippen LogP contribution in [0.25, 0.3) is 0 Å². The summed E-state index contributed by atoms with van der Waals surface area (Å²) in [6.07, 6.45) is -2.08. The number of aliphatic hydroxyl groups excluding tert-OH is 1. The third kappa shape index (κ3) is 4.74. The van der Waals surface area contributed by atoms with Crippen molar-refractivity contribution in [2.24, 2.45) is 28.6 Å². The smallest absolute Gasteiger partial charge is 0.335 e. The molecule has 0 aromatic carbocycles. The van der Waals surface area contributed by atoms with Crippen LogP contribution in [0.1, 0.15) is 78.7 Å². The van der Waals surface area contributed by atoms with Gasteiger partial charge < -0.3 is 37.9 Å². The van der Waals surface area contributed by atoms with Crippen LogP contribution in [0.15, 0.2) is 35.2 Å². The van der Waals surface area contributed by atoms with Gasteiger partial charge in [0.05, 0.1) is 36.9 Å². The van der Waals surface area contributed by atoms with Gasteiger partial charge in [-0.2, -0.15) is 0 Å². The molecule has 3 aliphatic heterocycles. The van der Waals surface area contributed by atoms with E-state index < -0.39 is 94.2 Å². The van der Waals surface area contributed by atoms with Gasteiger partial charge >= 0.3 is 23.9 Å². The molecular weight excluding hydrogens is 628 g/mol. The van der Waals surface area contributed by atoms with Crippen molar-refractivity contribution in [3.8, 4) is 0 Å². The average molecular weight is 673 g/mol. The second-order valence-electron chi connectivity index (χ2n) is 14.7. The minimum Gasteiger partial charge on any atom is -0.472 e. The minimum absolute atomic E-state index is 0.223. The molecule has 5 fully saturated rings. The van der Waals surface area contributed by atoms with Crippen LogP contribution in [0.5, 0.6) is 0 Å². The van der Waals surface area contributed by atoms with Crippen LogP contribution in [-0.4, -0.2) is 83.8 Å². The number of fused-ring (bicyclic) bond motifs is 1. The summed E-state index contributed by atoms with van der Waals surface area (Å²) in [5.74, 6) is -5.44. The fourth-order valence-electron chi connectivity index (χ4n) is 9.75. The van der Waals surface area contributed by atoms with Crippen molar-refractivity contribution in [2.45, 2.75) is 115 Å². The number of cyclic esters (lactones) is 1. The number of esters is 4. The maximum absolute atomic E-state index is 13.8. The minimum atomic E-state index is -1.48. The molecule has 1 aromatic rings. The fraction of sp³-hybridized carbons (Fsp3) is 0.686. The van der Waals surface area contributed by atoms with Crippen molar-refractivity contribution in [1.82, 2.24) is 0 Å².